The first kappa shape index (κ1) is 12.3. The van der Waals surface area contributed by atoms with Crippen LogP contribution in [0.2, 0.25) is 0 Å². The van der Waals surface area contributed by atoms with Crippen molar-refractivity contribution >= 4 is 11.5 Å². The van der Waals surface area contributed by atoms with E-state index in [4.69, 9.17) is 5.73 Å². The minimum atomic E-state index is -0.666. The quantitative estimate of drug-likeness (QED) is 0.479. The summed E-state index contributed by atoms with van der Waals surface area (Å²) in [5, 5.41) is 10.7. The van der Waals surface area contributed by atoms with Crippen LogP contribution in [0.3, 0.4) is 0 Å². The first-order valence-electron chi connectivity index (χ1n) is 4.87. The molecule has 0 aliphatic heterocycles. The van der Waals surface area contributed by atoms with E-state index in [-0.39, 0.29) is 23.5 Å². The lowest BCUT2D eigenvalue weighted by molar-refractivity contribution is -0.385. The average Bonchev–Trinajstić information content (AvgIpc) is 2.15. The second-order valence-corrected chi connectivity index (χ2v) is 4.36. The molecule has 0 saturated heterocycles. The van der Waals surface area contributed by atoms with E-state index in [1.54, 1.807) is 19.9 Å². The van der Waals surface area contributed by atoms with E-state index in [0.717, 1.165) is 0 Å². The summed E-state index contributed by atoms with van der Waals surface area (Å²) < 4.78 is 0. The van der Waals surface area contributed by atoms with Gasteiger partial charge in [-0.15, -0.1) is 0 Å². The van der Waals surface area contributed by atoms with Gasteiger partial charge in [0.15, 0.2) is 5.78 Å². The third-order valence-electron chi connectivity index (χ3n) is 2.02. The number of hydrogen-bond donors (Lipinski definition) is 1. The highest BCUT2D eigenvalue weighted by Crippen LogP contribution is 2.21. The fraction of sp³-hybridized carbons (Fsp3) is 0.364. The predicted molar refractivity (Wildman–Crippen MR) is 60.3 cm³/mol. The number of carbonyl (C=O) groups excluding carboxylic acids is 1. The molecule has 1 aromatic carbocycles. The number of rotatable bonds is 4. The van der Waals surface area contributed by atoms with Crippen molar-refractivity contribution in [2.45, 2.75) is 25.8 Å². The van der Waals surface area contributed by atoms with Gasteiger partial charge in [0.25, 0.3) is 5.69 Å². The number of hydrogen-bond acceptors (Lipinski definition) is 4. The van der Waals surface area contributed by atoms with Gasteiger partial charge in [0.1, 0.15) is 0 Å². The summed E-state index contributed by atoms with van der Waals surface area (Å²) in [6, 6.07) is 5.90. The lowest BCUT2D eigenvalue weighted by Crippen LogP contribution is -2.34. The van der Waals surface area contributed by atoms with Gasteiger partial charge in [-0.05, 0) is 19.9 Å². The maximum absolute atomic E-state index is 11.8. The van der Waals surface area contributed by atoms with Crippen LogP contribution in [0.25, 0.3) is 0 Å². The Kier molecular flexibility index (Phi) is 3.39. The highest BCUT2D eigenvalue weighted by Gasteiger charge is 2.23. The SMILES string of the molecule is CC(C)(N)CC(=O)c1ccccc1[N+](=O)[O-]. The number of para-hydroxylation sites is 1. The molecule has 0 spiro atoms. The molecule has 5 heteroatoms. The molecule has 2 N–H and O–H groups in total. The molecule has 1 aromatic rings. The summed E-state index contributed by atoms with van der Waals surface area (Å²) in [7, 11) is 0. The van der Waals surface area contributed by atoms with Crippen molar-refractivity contribution in [3.05, 3.63) is 39.9 Å². The van der Waals surface area contributed by atoms with Crippen LogP contribution in [-0.4, -0.2) is 16.2 Å². The van der Waals surface area contributed by atoms with E-state index >= 15 is 0 Å². The van der Waals surface area contributed by atoms with Crippen LogP contribution < -0.4 is 5.73 Å². The van der Waals surface area contributed by atoms with Crippen molar-refractivity contribution in [2.75, 3.05) is 0 Å². The molecule has 0 saturated carbocycles. The number of ketones is 1. The molecular formula is C11H14N2O3. The summed E-state index contributed by atoms with van der Waals surface area (Å²) in [5.74, 6) is -0.306. The Labute approximate surface area is 93.4 Å². The smallest absolute Gasteiger partial charge is 0.280 e. The van der Waals surface area contributed by atoms with Crippen LogP contribution in [0.4, 0.5) is 5.69 Å². The third-order valence-corrected chi connectivity index (χ3v) is 2.02. The zero-order chi connectivity index (χ0) is 12.3. The fourth-order valence-electron chi connectivity index (χ4n) is 1.38. The largest absolute Gasteiger partial charge is 0.325 e. The topological polar surface area (TPSA) is 86.2 Å². The van der Waals surface area contributed by atoms with Crippen LogP contribution in [0.5, 0.6) is 0 Å². The standard InChI is InChI=1S/C11H14N2O3/c1-11(2,12)7-10(14)8-5-3-4-6-9(8)13(15)16/h3-6H,7,12H2,1-2H3. The van der Waals surface area contributed by atoms with Crippen LogP contribution in [0, 0.1) is 10.1 Å². The number of nitrogens with zero attached hydrogens (tertiary/aromatic N) is 1. The van der Waals surface area contributed by atoms with Gasteiger partial charge in [-0.2, -0.15) is 0 Å². The van der Waals surface area contributed by atoms with E-state index in [9.17, 15) is 14.9 Å². The fourth-order valence-corrected chi connectivity index (χ4v) is 1.38. The van der Waals surface area contributed by atoms with Crippen LogP contribution in [-0.2, 0) is 0 Å². The molecule has 0 fully saturated rings. The lowest BCUT2D eigenvalue weighted by Gasteiger charge is -2.16. The Bertz CT molecular complexity index is 421. The van der Waals surface area contributed by atoms with E-state index in [2.05, 4.69) is 0 Å². The Morgan fingerprint density at radius 1 is 1.44 bits per heavy atom. The highest BCUT2D eigenvalue weighted by atomic mass is 16.6. The molecule has 5 nitrogen and oxygen atoms in total. The monoisotopic (exact) mass is 222 g/mol. The van der Waals surface area contributed by atoms with Crippen LogP contribution >= 0.6 is 0 Å². The van der Waals surface area contributed by atoms with Gasteiger partial charge in [0.2, 0.25) is 0 Å². The maximum atomic E-state index is 11.8. The molecule has 0 aliphatic carbocycles. The lowest BCUT2D eigenvalue weighted by atomic mass is 9.95. The van der Waals surface area contributed by atoms with E-state index < -0.39 is 10.5 Å². The van der Waals surface area contributed by atoms with Gasteiger partial charge < -0.3 is 5.73 Å². The minimum absolute atomic E-state index is 0.0812. The highest BCUT2D eigenvalue weighted by molar-refractivity contribution is 6.00. The van der Waals surface area contributed by atoms with Gasteiger partial charge >= 0.3 is 0 Å². The van der Waals surface area contributed by atoms with Gasteiger partial charge in [-0.3, -0.25) is 14.9 Å². The van der Waals surface area contributed by atoms with Crippen molar-refractivity contribution in [1.82, 2.24) is 0 Å². The van der Waals surface area contributed by atoms with Crippen molar-refractivity contribution in [2.24, 2.45) is 5.73 Å². The normalized spacial score (nSPS) is 11.2. The number of Topliss-reactive ketones (excluding diaryl/α,β-unsaturated/α-hetero) is 1. The number of nitrogens with two attached hydrogens (primary N) is 1. The summed E-state index contributed by atoms with van der Waals surface area (Å²) >= 11 is 0. The van der Waals surface area contributed by atoms with Crippen molar-refractivity contribution in [3.63, 3.8) is 0 Å². The minimum Gasteiger partial charge on any atom is -0.325 e. The summed E-state index contributed by atoms with van der Waals surface area (Å²) in [5.41, 5.74) is 4.99. The predicted octanol–water partition coefficient (Wildman–Crippen LogP) is 1.90. The summed E-state index contributed by atoms with van der Waals surface area (Å²) in [4.78, 5) is 22.0. The van der Waals surface area contributed by atoms with Gasteiger partial charge in [0.05, 0.1) is 10.5 Å². The van der Waals surface area contributed by atoms with Gasteiger partial charge in [-0.1, -0.05) is 12.1 Å². The van der Waals surface area contributed by atoms with Gasteiger partial charge in [-0.25, -0.2) is 0 Å². The molecule has 1 rings (SSSR count). The average molecular weight is 222 g/mol. The first-order chi connectivity index (χ1) is 7.31. The number of carbonyl (C=O) groups is 1. The molecule has 16 heavy (non-hydrogen) atoms. The molecule has 0 radical (unpaired) electrons. The molecule has 0 unspecified atom stereocenters. The van der Waals surface area contributed by atoms with E-state index in [1.165, 1.54) is 18.2 Å². The molecular weight excluding hydrogens is 208 g/mol. The molecule has 0 bridgehead atoms. The van der Waals surface area contributed by atoms with Crippen LogP contribution in [0.15, 0.2) is 24.3 Å². The third kappa shape index (κ3) is 3.13. The number of nitro benzene ring substituents is 1. The second kappa shape index (κ2) is 4.40. The van der Waals surface area contributed by atoms with Crippen molar-refractivity contribution in [3.8, 4) is 0 Å². The summed E-state index contributed by atoms with van der Waals surface area (Å²) in [6.45, 7) is 3.42. The molecule has 0 aliphatic rings. The molecule has 0 heterocycles. The van der Waals surface area contributed by atoms with Crippen LogP contribution in [0.1, 0.15) is 30.6 Å². The second-order valence-electron chi connectivity index (χ2n) is 4.36. The first-order valence-corrected chi connectivity index (χ1v) is 4.87. The number of benzene rings is 1. The molecule has 0 amide bonds. The molecule has 0 atom stereocenters. The number of nitro groups is 1. The Morgan fingerprint density at radius 3 is 2.50 bits per heavy atom. The maximum Gasteiger partial charge on any atom is 0.280 e. The molecule has 0 aromatic heterocycles. The van der Waals surface area contributed by atoms with Crippen molar-refractivity contribution < 1.29 is 9.72 Å². The zero-order valence-electron chi connectivity index (χ0n) is 9.27. The Hall–Kier alpha value is -1.75. The van der Waals surface area contributed by atoms with Crippen molar-refractivity contribution in [1.29, 1.82) is 0 Å². The van der Waals surface area contributed by atoms with Gasteiger partial charge in [0, 0.05) is 18.0 Å². The van der Waals surface area contributed by atoms with E-state index in [0.29, 0.717) is 0 Å². The van der Waals surface area contributed by atoms with E-state index in [1.807, 2.05) is 0 Å². The molecule has 86 valence electrons. The Morgan fingerprint density at radius 2 is 2.00 bits per heavy atom. The Balaban J connectivity index is 3.04. The zero-order valence-corrected chi connectivity index (χ0v) is 9.27. The summed E-state index contributed by atoms with van der Waals surface area (Å²) in [6.07, 6.45) is 0.0812.